The van der Waals surface area contributed by atoms with E-state index in [2.05, 4.69) is 11.2 Å². The van der Waals surface area contributed by atoms with Crippen LogP contribution in [0.2, 0.25) is 0 Å². The quantitative estimate of drug-likeness (QED) is 0.657. The molecular formula is C23H26N2O4S. The highest BCUT2D eigenvalue weighted by Gasteiger charge is 2.34. The number of carbonyl (C=O) groups is 2. The van der Waals surface area contributed by atoms with E-state index in [9.17, 15) is 9.59 Å². The summed E-state index contributed by atoms with van der Waals surface area (Å²) in [5.74, 6) is 2.32. The number of nitrogens with zero attached hydrogens (tertiary/aromatic N) is 1. The van der Waals surface area contributed by atoms with Crippen molar-refractivity contribution >= 4 is 28.8 Å². The number of thiophene rings is 1. The van der Waals surface area contributed by atoms with Crippen LogP contribution in [0.15, 0.2) is 35.7 Å². The average Bonchev–Trinajstić information content (AvgIpc) is 3.47. The van der Waals surface area contributed by atoms with Crippen LogP contribution in [-0.2, 0) is 16.0 Å². The number of carbonyl (C=O) groups excluding carboxylic acids is 2. The topological polar surface area (TPSA) is 67.9 Å². The molecule has 3 rings (SSSR count). The van der Waals surface area contributed by atoms with Crippen molar-refractivity contribution in [3.05, 3.63) is 40.6 Å². The molecule has 30 heavy (non-hydrogen) atoms. The molecule has 2 amide bonds. The Labute approximate surface area is 181 Å². The Hall–Kier alpha value is -2.98. The normalized spacial score (nSPS) is 14.6. The second-order valence-corrected chi connectivity index (χ2v) is 8.18. The van der Waals surface area contributed by atoms with Crippen LogP contribution >= 0.6 is 11.3 Å². The Balaban J connectivity index is 2.04. The maximum Gasteiger partial charge on any atom is 0.303 e. The third-order valence-electron chi connectivity index (χ3n) is 5.28. The molecule has 0 radical (unpaired) electrons. The van der Waals surface area contributed by atoms with Crippen molar-refractivity contribution < 1.29 is 19.1 Å². The molecule has 1 saturated carbocycles. The van der Waals surface area contributed by atoms with Crippen molar-refractivity contribution in [3.8, 4) is 23.8 Å². The van der Waals surface area contributed by atoms with Gasteiger partial charge in [-0.15, -0.1) is 17.8 Å². The Morgan fingerprint density at radius 3 is 2.63 bits per heavy atom. The molecule has 1 atom stereocenters. The van der Waals surface area contributed by atoms with Gasteiger partial charge in [0.05, 0.1) is 19.9 Å². The number of hydrogen-bond donors (Lipinski definition) is 1. The van der Waals surface area contributed by atoms with Gasteiger partial charge in [0.25, 0.3) is 0 Å². The highest BCUT2D eigenvalue weighted by Crippen LogP contribution is 2.35. The fourth-order valence-electron chi connectivity index (χ4n) is 3.76. The van der Waals surface area contributed by atoms with Crippen molar-refractivity contribution in [1.29, 1.82) is 0 Å². The van der Waals surface area contributed by atoms with E-state index in [1.807, 2.05) is 17.5 Å². The van der Waals surface area contributed by atoms with Crippen LogP contribution in [0.4, 0.5) is 5.69 Å². The molecule has 1 aromatic carbocycles. The Bertz CT molecular complexity index is 914. The van der Waals surface area contributed by atoms with E-state index in [-0.39, 0.29) is 11.9 Å². The lowest BCUT2D eigenvalue weighted by Crippen LogP contribution is -2.52. The number of rotatable bonds is 8. The molecule has 0 spiro atoms. The summed E-state index contributed by atoms with van der Waals surface area (Å²) in [7, 11) is 3.05. The zero-order valence-corrected chi connectivity index (χ0v) is 18.0. The summed E-state index contributed by atoms with van der Waals surface area (Å²) < 4.78 is 10.8. The number of hydrogen-bond acceptors (Lipinski definition) is 5. The summed E-state index contributed by atoms with van der Waals surface area (Å²) in [6.07, 6.45) is 9.94. The van der Waals surface area contributed by atoms with Gasteiger partial charge in [0.2, 0.25) is 5.91 Å². The van der Waals surface area contributed by atoms with Crippen molar-refractivity contribution in [1.82, 2.24) is 5.32 Å². The maximum atomic E-state index is 13.4. The van der Waals surface area contributed by atoms with Crippen molar-refractivity contribution in [2.75, 3.05) is 19.1 Å². The first kappa shape index (κ1) is 21.7. The predicted molar refractivity (Wildman–Crippen MR) is 118 cm³/mol. The van der Waals surface area contributed by atoms with Gasteiger partial charge in [-0.1, -0.05) is 18.9 Å². The van der Waals surface area contributed by atoms with E-state index in [0.717, 1.165) is 30.6 Å². The Kier molecular flexibility index (Phi) is 7.36. The molecule has 1 fully saturated rings. The first-order valence-corrected chi connectivity index (χ1v) is 10.8. The standard InChI is InChI=1S/C23H26N2O4S/c1-4-22(26)25(19-14-17(28-2)11-12-21(19)29-3)20(15-18-10-7-13-30-18)23(27)24-16-8-5-6-9-16/h1,7,10-14,16,20H,5-6,8-9,15H2,2-3H3,(H,24,27). The highest BCUT2D eigenvalue weighted by molar-refractivity contribution is 7.09. The first-order chi connectivity index (χ1) is 14.6. The van der Waals surface area contributed by atoms with Crippen LogP contribution < -0.4 is 19.7 Å². The van der Waals surface area contributed by atoms with Crippen molar-refractivity contribution in [3.63, 3.8) is 0 Å². The molecule has 1 unspecified atom stereocenters. The minimum atomic E-state index is -0.811. The fourth-order valence-corrected chi connectivity index (χ4v) is 4.50. The van der Waals surface area contributed by atoms with Crippen LogP contribution in [0.5, 0.6) is 11.5 Å². The van der Waals surface area contributed by atoms with E-state index in [0.29, 0.717) is 23.6 Å². The zero-order chi connectivity index (χ0) is 21.5. The molecule has 158 valence electrons. The summed E-state index contributed by atoms with van der Waals surface area (Å²) in [5, 5.41) is 5.06. The summed E-state index contributed by atoms with van der Waals surface area (Å²) in [6.45, 7) is 0. The molecule has 2 aromatic rings. The van der Waals surface area contributed by atoms with Crippen LogP contribution in [0, 0.1) is 12.3 Å². The maximum absolute atomic E-state index is 13.4. The minimum absolute atomic E-state index is 0.123. The molecule has 6 nitrogen and oxygen atoms in total. The molecule has 1 heterocycles. The van der Waals surface area contributed by atoms with Gasteiger partial charge in [0, 0.05) is 23.4 Å². The molecule has 7 heteroatoms. The van der Waals surface area contributed by atoms with Gasteiger partial charge in [0.1, 0.15) is 17.5 Å². The van der Waals surface area contributed by atoms with Gasteiger partial charge in [-0.2, -0.15) is 0 Å². The van der Waals surface area contributed by atoms with Gasteiger partial charge in [0.15, 0.2) is 0 Å². The minimum Gasteiger partial charge on any atom is -0.497 e. The fraction of sp³-hybridized carbons (Fsp3) is 0.391. The second kappa shape index (κ2) is 10.2. The van der Waals surface area contributed by atoms with Crippen LogP contribution in [0.1, 0.15) is 30.6 Å². The molecule has 1 aliphatic carbocycles. The SMILES string of the molecule is C#CC(=O)N(c1cc(OC)ccc1OC)C(Cc1cccs1)C(=O)NC1CCCC1. The van der Waals surface area contributed by atoms with Crippen molar-refractivity contribution in [2.45, 2.75) is 44.2 Å². The van der Waals surface area contributed by atoms with Gasteiger partial charge >= 0.3 is 5.91 Å². The number of methoxy groups -OCH3 is 2. The third kappa shape index (κ3) is 4.95. The van der Waals surface area contributed by atoms with E-state index in [1.54, 1.807) is 18.2 Å². The summed E-state index contributed by atoms with van der Waals surface area (Å²) in [6, 6.07) is 8.27. The molecule has 0 bridgehead atoms. The lowest BCUT2D eigenvalue weighted by molar-refractivity contribution is -0.125. The van der Waals surface area contributed by atoms with E-state index in [1.165, 1.54) is 30.5 Å². The van der Waals surface area contributed by atoms with Gasteiger partial charge in [-0.3, -0.25) is 14.5 Å². The lowest BCUT2D eigenvalue weighted by atomic mass is 10.1. The Morgan fingerprint density at radius 2 is 2.03 bits per heavy atom. The molecule has 1 aromatic heterocycles. The average molecular weight is 427 g/mol. The monoisotopic (exact) mass is 426 g/mol. The lowest BCUT2D eigenvalue weighted by Gasteiger charge is -2.31. The van der Waals surface area contributed by atoms with Crippen LogP contribution in [0.3, 0.4) is 0 Å². The molecule has 1 aliphatic rings. The van der Waals surface area contributed by atoms with Crippen molar-refractivity contribution in [2.24, 2.45) is 0 Å². The van der Waals surface area contributed by atoms with Crippen LogP contribution in [-0.4, -0.2) is 38.1 Å². The van der Waals surface area contributed by atoms with Gasteiger partial charge < -0.3 is 14.8 Å². The second-order valence-electron chi connectivity index (χ2n) is 7.15. The summed E-state index contributed by atoms with van der Waals surface area (Å²) in [5.41, 5.74) is 0.405. The number of anilines is 1. The van der Waals surface area contributed by atoms with E-state index < -0.39 is 11.9 Å². The molecule has 1 N–H and O–H groups in total. The predicted octanol–water partition coefficient (Wildman–Crippen LogP) is 3.40. The number of nitrogens with one attached hydrogen (secondary N) is 1. The smallest absolute Gasteiger partial charge is 0.303 e. The molecule has 0 aliphatic heterocycles. The zero-order valence-electron chi connectivity index (χ0n) is 17.2. The summed E-state index contributed by atoms with van der Waals surface area (Å²) in [4.78, 5) is 28.6. The number of ether oxygens (including phenoxy) is 2. The van der Waals surface area contributed by atoms with E-state index in [4.69, 9.17) is 15.9 Å². The summed E-state index contributed by atoms with van der Waals surface area (Å²) >= 11 is 1.54. The number of amides is 2. The van der Waals surface area contributed by atoms with Gasteiger partial charge in [-0.05, 0) is 42.3 Å². The number of terminal acetylenes is 1. The number of benzene rings is 1. The van der Waals surface area contributed by atoms with Gasteiger partial charge in [-0.25, -0.2) is 0 Å². The van der Waals surface area contributed by atoms with E-state index >= 15 is 0 Å². The third-order valence-corrected chi connectivity index (χ3v) is 6.18. The molecule has 0 saturated heterocycles. The highest BCUT2D eigenvalue weighted by atomic mass is 32.1. The first-order valence-electron chi connectivity index (χ1n) is 9.92. The van der Waals surface area contributed by atoms with Crippen LogP contribution in [0.25, 0.3) is 0 Å². The largest absolute Gasteiger partial charge is 0.497 e. The molecular weight excluding hydrogens is 400 g/mol. The Morgan fingerprint density at radius 1 is 1.27 bits per heavy atom.